The molecule has 0 atom stereocenters. The lowest BCUT2D eigenvalue weighted by atomic mass is 9.93. The van der Waals surface area contributed by atoms with Crippen molar-refractivity contribution >= 4 is 17.3 Å². The third kappa shape index (κ3) is 3.42. The lowest BCUT2D eigenvalue weighted by Crippen LogP contribution is -2.28. The number of halogens is 3. The van der Waals surface area contributed by atoms with Gasteiger partial charge in [0.2, 0.25) is 5.88 Å². The minimum atomic E-state index is -4.99. The van der Waals surface area contributed by atoms with Crippen LogP contribution in [0.3, 0.4) is 0 Å². The number of aliphatic carboxylic acids is 1. The molecule has 0 saturated carbocycles. The molecule has 0 bridgehead atoms. The zero-order valence-corrected chi connectivity index (χ0v) is 16.5. The smallest absolute Gasteiger partial charge is 0.491 e. The highest BCUT2D eigenvalue weighted by Crippen LogP contribution is 2.49. The van der Waals surface area contributed by atoms with Gasteiger partial charge in [-0.25, -0.2) is 9.78 Å². The minimum Gasteiger partial charge on any atom is -0.491 e. The van der Waals surface area contributed by atoms with E-state index in [2.05, 4.69) is 15.8 Å². The van der Waals surface area contributed by atoms with E-state index in [1.807, 2.05) is 0 Å². The number of anilines is 2. The second-order valence-electron chi connectivity index (χ2n) is 7.15. The van der Waals surface area contributed by atoms with E-state index in [-0.39, 0.29) is 17.6 Å². The molecule has 0 amide bonds. The maximum absolute atomic E-state index is 13.0. The van der Waals surface area contributed by atoms with Gasteiger partial charge in [0.05, 0.1) is 35.2 Å². The monoisotopic (exact) mass is 431 g/mol. The standard InChI is InChI=1S/C21H16F3N3O4/c1-10-9-26-19(31-21(22,23)24)15-7-14(20(28)29)11(2)27(17(10)15)16-4-3-12(8-25)13-5-6-30-18(13)16/h3-4,9H,5-7H2,1-2H3,(H,28,29). The van der Waals surface area contributed by atoms with Crippen LogP contribution in [0.2, 0.25) is 0 Å². The molecule has 7 nitrogen and oxygen atoms in total. The number of hydrogen-bond acceptors (Lipinski definition) is 6. The van der Waals surface area contributed by atoms with Crippen molar-refractivity contribution in [2.45, 2.75) is 33.1 Å². The predicted molar refractivity (Wildman–Crippen MR) is 102 cm³/mol. The Morgan fingerprint density at radius 1 is 1.32 bits per heavy atom. The molecule has 1 N–H and O–H groups in total. The van der Waals surface area contributed by atoms with Crippen LogP contribution >= 0.6 is 0 Å². The summed E-state index contributed by atoms with van der Waals surface area (Å²) >= 11 is 0. The van der Waals surface area contributed by atoms with Crippen molar-refractivity contribution in [2.24, 2.45) is 0 Å². The average Bonchev–Trinajstić information content (AvgIpc) is 3.18. The summed E-state index contributed by atoms with van der Waals surface area (Å²) in [5, 5.41) is 19.1. The van der Waals surface area contributed by atoms with E-state index in [0.29, 0.717) is 52.5 Å². The highest BCUT2D eigenvalue weighted by Gasteiger charge is 2.38. The Bertz CT molecular complexity index is 1180. The fraction of sp³-hybridized carbons (Fsp3) is 0.286. The van der Waals surface area contributed by atoms with Gasteiger partial charge in [-0.2, -0.15) is 5.26 Å². The van der Waals surface area contributed by atoms with E-state index in [1.165, 1.54) is 6.20 Å². The van der Waals surface area contributed by atoms with Gasteiger partial charge in [0.1, 0.15) is 5.75 Å². The van der Waals surface area contributed by atoms with Gasteiger partial charge in [-0.3, -0.25) is 0 Å². The van der Waals surface area contributed by atoms with Gasteiger partial charge in [-0.15, -0.1) is 13.2 Å². The van der Waals surface area contributed by atoms with Gasteiger partial charge in [0.15, 0.2) is 0 Å². The first-order valence-electron chi connectivity index (χ1n) is 9.28. The van der Waals surface area contributed by atoms with Crippen LogP contribution in [0, 0.1) is 18.3 Å². The number of ether oxygens (including phenoxy) is 2. The zero-order chi connectivity index (χ0) is 22.5. The van der Waals surface area contributed by atoms with E-state index < -0.39 is 18.2 Å². The predicted octanol–water partition coefficient (Wildman–Crippen LogP) is 4.15. The van der Waals surface area contributed by atoms with Crippen LogP contribution in [0.5, 0.6) is 11.6 Å². The number of nitriles is 1. The molecule has 0 saturated heterocycles. The Morgan fingerprint density at radius 3 is 2.71 bits per heavy atom. The van der Waals surface area contributed by atoms with Crippen LogP contribution in [0.15, 0.2) is 29.6 Å². The first-order chi connectivity index (χ1) is 14.6. The van der Waals surface area contributed by atoms with Gasteiger partial charge < -0.3 is 19.5 Å². The molecule has 4 rings (SSSR count). The van der Waals surface area contributed by atoms with E-state index in [1.54, 1.807) is 30.9 Å². The first kappa shape index (κ1) is 20.5. The van der Waals surface area contributed by atoms with Crippen molar-refractivity contribution < 1.29 is 32.5 Å². The SMILES string of the molecule is CC1=C(C(=O)O)Cc2c(OC(F)(F)F)ncc(C)c2N1c1ccc(C#N)c2c1OCC2. The summed E-state index contributed by atoms with van der Waals surface area (Å²) in [6.45, 7) is 3.59. The summed E-state index contributed by atoms with van der Waals surface area (Å²) in [7, 11) is 0. The third-order valence-electron chi connectivity index (χ3n) is 5.31. The normalized spacial score (nSPS) is 15.2. The van der Waals surface area contributed by atoms with Crippen molar-refractivity contribution in [3.63, 3.8) is 0 Å². The fourth-order valence-corrected chi connectivity index (χ4v) is 4.00. The Hall–Kier alpha value is -3.74. The Morgan fingerprint density at radius 2 is 2.06 bits per heavy atom. The minimum absolute atomic E-state index is 0.0106. The van der Waals surface area contributed by atoms with Gasteiger partial charge in [0, 0.05) is 35.9 Å². The molecule has 2 aliphatic rings. The number of aromatic nitrogens is 1. The maximum atomic E-state index is 13.0. The van der Waals surface area contributed by atoms with E-state index in [4.69, 9.17) is 4.74 Å². The maximum Gasteiger partial charge on any atom is 0.574 e. The summed E-state index contributed by atoms with van der Waals surface area (Å²) in [5.41, 5.74) is 2.67. The van der Waals surface area contributed by atoms with Gasteiger partial charge in [-0.05, 0) is 31.5 Å². The van der Waals surface area contributed by atoms with Crippen LogP contribution in [-0.2, 0) is 17.6 Å². The molecule has 0 aliphatic carbocycles. The average molecular weight is 431 g/mol. The molecule has 0 fully saturated rings. The highest BCUT2D eigenvalue weighted by molar-refractivity contribution is 5.94. The van der Waals surface area contributed by atoms with Gasteiger partial charge in [0.25, 0.3) is 0 Å². The molecule has 1 aromatic heterocycles. The second-order valence-corrected chi connectivity index (χ2v) is 7.15. The number of benzene rings is 1. The van der Waals surface area contributed by atoms with Gasteiger partial charge >= 0.3 is 12.3 Å². The number of carboxylic acids is 1. The molecule has 31 heavy (non-hydrogen) atoms. The summed E-state index contributed by atoms with van der Waals surface area (Å²) in [4.78, 5) is 17.2. The van der Waals surface area contributed by atoms with Crippen molar-refractivity contribution in [3.05, 3.63) is 51.9 Å². The van der Waals surface area contributed by atoms with Crippen LogP contribution < -0.4 is 14.4 Å². The van der Waals surface area contributed by atoms with E-state index >= 15 is 0 Å². The largest absolute Gasteiger partial charge is 0.574 e. The topological polar surface area (TPSA) is 95.7 Å². The molecule has 1 aromatic carbocycles. The van der Waals surface area contributed by atoms with Crippen molar-refractivity contribution in [1.29, 1.82) is 5.26 Å². The van der Waals surface area contributed by atoms with Crippen molar-refractivity contribution in [2.75, 3.05) is 11.5 Å². The number of allylic oxidation sites excluding steroid dienone is 1. The Kier molecular flexibility index (Phi) is 4.76. The molecule has 2 aromatic rings. The second kappa shape index (κ2) is 7.19. The number of carbonyl (C=O) groups is 1. The van der Waals surface area contributed by atoms with Crippen molar-refractivity contribution in [3.8, 4) is 17.7 Å². The lowest BCUT2D eigenvalue weighted by molar-refractivity contribution is -0.276. The molecule has 0 spiro atoms. The Labute approximate surface area is 174 Å². The number of nitrogens with zero attached hydrogens (tertiary/aromatic N) is 3. The Balaban J connectivity index is 2.00. The molecule has 0 unspecified atom stereocenters. The quantitative estimate of drug-likeness (QED) is 0.780. The summed E-state index contributed by atoms with van der Waals surface area (Å²) in [5.74, 6) is -1.56. The van der Waals surface area contributed by atoms with E-state index in [0.717, 1.165) is 0 Å². The van der Waals surface area contributed by atoms with Crippen molar-refractivity contribution in [1.82, 2.24) is 4.98 Å². The van der Waals surface area contributed by atoms with Crippen LogP contribution in [0.1, 0.15) is 29.2 Å². The number of fused-ring (bicyclic) bond motifs is 2. The number of carboxylic acid groups (broad SMARTS) is 1. The number of alkyl halides is 3. The van der Waals surface area contributed by atoms with E-state index in [9.17, 15) is 28.3 Å². The van der Waals surface area contributed by atoms with Crippen LogP contribution in [0.25, 0.3) is 0 Å². The molecular formula is C21H16F3N3O4. The summed E-state index contributed by atoms with van der Waals surface area (Å²) in [6.07, 6.45) is -3.53. The fourth-order valence-electron chi connectivity index (χ4n) is 4.00. The summed E-state index contributed by atoms with van der Waals surface area (Å²) < 4.78 is 48.8. The number of aryl methyl sites for hydroxylation is 1. The highest BCUT2D eigenvalue weighted by atomic mass is 19.4. The number of rotatable bonds is 3. The van der Waals surface area contributed by atoms with Gasteiger partial charge in [-0.1, -0.05) is 0 Å². The molecule has 2 aliphatic heterocycles. The molecular weight excluding hydrogens is 415 g/mol. The molecule has 3 heterocycles. The lowest BCUT2D eigenvalue weighted by Gasteiger charge is -2.35. The van der Waals surface area contributed by atoms with Crippen LogP contribution in [0.4, 0.5) is 24.5 Å². The molecule has 10 heteroatoms. The van der Waals surface area contributed by atoms with Crippen LogP contribution in [-0.4, -0.2) is 29.0 Å². The number of hydrogen-bond donors (Lipinski definition) is 1. The first-order valence-corrected chi connectivity index (χ1v) is 9.28. The third-order valence-corrected chi connectivity index (χ3v) is 5.31. The molecule has 0 radical (unpaired) electrons. The number of pyridine rings is 1. The zero-order valence-electron chi connectivity index (χ0n) is 16.5. The molecule has 160 valence electrons. The summed E-state index contributed by atoms with van der Waals surface area (Å²) in [6, 6.07) is 5.30.